The predicted octanol–water partition coefficient (Wildman–Crippen LogP) is 1.78. The van der Waals surface area contributed by atoms with Crippen molar-refractivity contribution in [3.63, 3.8) is 0 Å². The summed E-state index contributed by atoms with van der Waals surface area (Å²) >= 11 is 0. The Hall–Kier alpha value is -2.11. The summed E-state index contributed by atoms with van der Waals surface area (Å²) < 4.78 is 1.82. The van der Waals surface area contributed by atoms with Crippen LogP contribution in [-0.4, -0.2) is 33.3 Å². The van der Waals surface area contributed by atoms with E-state index in [1.54, 1.807) is 0 Å². The number of nitrogens with zero attached hydrogens (tertiary/aromatic N) is 4. The third-order valence-electron chi connectivity index (χ3n) is 3.19. The molecule has 0 radical (unpaired) electrons. The summed E-state index contributed by atoms with van der Waals surface area (Å²) in [4.78, 5) is 9.01. The molecule has 2 N–H and O–H groups in total. The van der Waals surface area contributed by atoms with Crippen molar-refractivity contribution in [3.8, 4) is 0 Å². The average Bonchev–Trinajstić information content (AvgIpc) is 2.86. The second-order valence-electron chi connectivity index (χ2n) is 4.72. The fraction of sp³-hybridized carbons (Fsp3) is 0.500. The lowest BCUT2D eigenvalue weighted by atomic mass is 10.2. The van der Waals surface area contributed by atoms with Gasteiger partial charge in [0, 0.05) is 45.2 Å². The Morgan fingerprint density at radius 3 is 2.60 bits per heavy atom. The average molecular weight is 274 g/mol. The van der Waals surface area contributed by atoms with Crippen molar-refractivity contribution in [2.45, 2.75) is 26.7 Å². The van der Waals surface area contributed by atoms with Crippen LogP contribution in [0, 0.1) is 6.92 Å². The van der Waals surface area contributed by atoms with Crippen LogP contribution in [0.4, 0.5) is 11.6 Å². The molecule has 6 nitrogen and oxygen atoms in total. The van der Waals surface area contributed by atoms with Gasteiger partial charge in [-0.15, -0.1) is 0 Å². The number of nitrogens with one attached hydrogen (secondary N) is 2. The van der Waals surface area contributed by atoms with Crippen molar-refractivity contribution in [2.75, 3.05) is 24.2 Å². The Bertz CT molecular complexity index is 575. The Morgan fingerprint density at radius 1 is 1.25 bits per heavy atom. The number of aromatic nitrogens is 4. The Kier molecular flexibility index (Phi) is 4.55. The highest BCUT2D eigenvalue weighted by Crippen LogP contribution is 2.19. The van der Waals surface area contributed by atoms with Gasteiger partial charge in [-0.1, -0.05) is 6.92 Å². The van der Waals surface area contributed by atoms with E-state index < -0.39 is 0 Å². The first-order valence-corrected chi connectivity index (χ1v) is 6.91. The van der Waals surface area contributed by atoms with Gasteiger partial charge >= 0.3 is 0 Å². The normalized spacial score (nSPS) is 10.6. The maximum Gasteiger partial charge on any atom is 0.134 e. The molecule has 0 unspecified atom stereocenters. The van der Waals surface area contributed by atoms with Gasteiger partial charge in [0.1, 0.15) is 17.5 Å². The molecule has 2 heterocycles. The van der Waals surface area contributed by atoms with Gasteiger partial charge in [0.15, 0.2) is 0 Å². The van der Waals surface area contributed by atoms with E-state index >= 15 is 0 Å². The second kappa shape index (κ2) is 6.36. The van der Waals surface area contributed by atoms with E-state index in [1.165, 1.54) is 0 Å². The fourth-order valence-electron chi connectivity index (χ4n) is 2.04. The van der Waals surface area contributed by atoms with Crippen LogP contribution in [0.15, 0.2) is 12.3 Å². The molecule has 2 aromatic heterocycles. The number of hydrogen-bond acceptors (Lipinski definition) is 5. The predicted molar refractivity (Wildman–Crippen MR) is 81.1 cm³/mol. The zero-order valence-corrected chi connectivity index (χ0v) is 12.6. The summed E-state index contributed by atoms with van der Waals surface area (Å²) in [5.74, 6) is 2.63. The van der Waals surface area contributed by atoms with E-state index in [0.717, 1.165) is 48.1 Å². The standard InChI is InChI=1S/C14H22N6/c1-5-12-17-13(15-3)10(2)14(18-12)16-8-6-11-7-9-20(4)19-11/h7,9H,5-6,8H2,1-4H3,(H2,15,16,17,18). The highest BCUT2D eigenvalue weighted by Gasteiger charge is 2.09. The van der Waals surface area contributed by atoms with Gasteiger partial charge in [-0.3, -0.25) is 4.68 Å². The van der Waals surface area contributed by atoms with Gasteiger partial charge < -0.3 is 10.6 Å². The summed E-state index contributed by atoms with van der Waals surface area (Å²) in [5, 5.41) is 10.9. The van der Waals surface area contributed by atoms with Gasteiger partial charge in [-0.05, 0) is 13.0 Å². The summed E-state index contributed by atoms with van der Waals surface area (Å²) in [7, 11) is 3.81. The van der Waals surface area contributed by atoms with Crippen LogP contribution in [0.2, 0.25) is 0 Å². The monoisotopic (exact) mass is 274 g/mol. The Balaban J connectivity index is 2.04. The molecule has 0 bridgehead atoms. The molecule has 6 heteroatoms. The van der Waals surface area contributed by atoms with Gasteiger partial charge in [-0.25, -0.2) is 9.97 Å². The largest absolute Gasteiger partial charge is 0.373 e. The van der Waals surface area contributed by atoms with Gasteiger partial charge in [0.05, 0.1) is 5.69 Å². The third-order valence-corrected chi connectivity index (χ3v) is 3.19. The molecule has 0 saturated heterocycles. The molecule has 0 aliphatic heterocycles. The minimum Gasteiger partial charge on any atom is -0.373 e. The molecule has 0 fully saturated rings. The zero-order chi connectivity index (χ0) is 14.5. The number of aryl methyl sites for hydroxylation is 2. The van der Waals surface area contributed by atoms with Crippen LogP contribution in [0.1, 0.15) is 24.0 Å². The summed E-state index contributed by atoms with van der Waals surface area (Å²) in [6.07, 6.45) is 3.66. The van der Waals surface area contributed by atoms with E-state index in [9.17, 15) is 0 Å². The topological polar surface area (TPSA) is 67.7 Å². The smallest absolute Gasteiger partial charge is 0.134 e. The van der Waals surface area contributed by atoms with Crippen LogP contribution in [-0.2, 0) is 19.9 Å². The van der Waals surface area contributed by atoms with E-state index in [4.69, 9.17) is 0 Å². The quantitative estimate of drug-likeness (QED) is 0.840. The lowest BCUT2D eigenvalue weighted by Crippen LogP contribution is -2.12. The van der Waals surface area contributed by atoms with E-state index in [-0.39, 0.29) is 0 Å². The van der Waals surface area contributed by atoms with Crippen molar-refractivity contribution in [1.29, 1.82) is 0 Å². The molecular weight excluding hydrogens is 252 g/mol. The number of anilines is 2. The molecule has 0 aliphatic carbocycles. The molecule has 0 saturated carbocycles. The highest BCUT2D eigenvalue weighted by atomic mass is 15.2. The molecule has 20 heavy (non-hydrogen) atoms. The van der Waals surface area contributed by atoms with Gasteiger partial charge in [0.2, 0.25) is 0 Å². The van der Waals surface area contributed by atoms with Crippen molar-refractivity contribution in [3.05, 3.63) is 29.3 Å². The number of hydrogen-bond donors (Lipinski definition) is 2. The fourth-order valence-corrected chi connectivity index (χ4v) is 2.04. The van der Waals surface area contributed by atoms with Crippen LogP contribution in [0.3, 0.4) is 0 Å². The lowest BCUT2D eigenvalue weighted by Gasteiger charge is -2.13. The minimum absolute atomic E-state index is 0.807. The molecule has 0 atom stereocenters. The first kappa shape index (κ1) is 14.3. The molecule has 0 amide bonds. The van der Waals surface area contributed by atoms with Crippen LogP contribution in [0.5, 0.6) is 0 Å². The lowest BCUT2D eigenvalue weighted by molar-refractivity contribution is 0.741. The van der Waals surface area contributed by atoms with Crippen LogP contribution in [0.25, 0.3) is 0 Å². The summed E-state index contributed by atoms with van der Waals surface area (Å²) in [5.41, 5.74) is 2.13. The van der Waals surface area contributed by atoms with Gasteiger partial charge in [-0.2, -0.15) is 5.10 Å². The van der Waals surface area contributed by atoms with Crippen molar-refractivity contribution in [1.82, 2.24) is 19.7 Å². The summed E-state index contributed by atoms with van der Waals surface area (Å²) in [6.45, 7) is 4.89. The maximum absolute atomic E-state index is 4.55. The van der Waals surface area contributed by atoms with E-state index in [0.29, 0.717) is 0 Å². The first-order chi connectivity index (χ1) is 9.63. The van der Waals surface area contributed by atoms with E-state index in [1.807, 2.05) is 38.0 Å². The number of rotatable bonds is 6. The zero-order valence-electron chi connectivity index (χ0n) is 12.6. The van der Waals surface area contributed by atoms with E-state index in [2.05, 4.69) is 32.6 Å². The maximum atomic E-state index is 4.55. The second-order valence-corrected chi connectivity index (χ2v) is 4.72. The first-order valence-electron chi connectivity index (χ1n) is 6.91. The molecular formula is C14H22N6. The van der Waals surface area contributed by atoms with Gasteiger partial charge in [0.25, 0.3) is 0 Å². The Labute approximate surface area is 119 Å². The molecule has 108 valence electrons. The minimum atomic E-state index is 0.807. The molecule has 2 aromatic rings. The van der Waals surface area contributed by atoms with Crippen molar-refractivity contribution >= 4 is 11.6 Å². The molecule has 0 spiro atoms. The molecule has 0 aromatic carbocycles. The molecule has 0 aliphatic rings. The Morgan fingerprint density at radius 2 is 2.00 bits per heavy atom. The summed E-state index contributed by atoms with van der Waals surface area (Å²) in [6, 6.07) is 2.03. The third kappa shape index (κ3) is 3.26. The highest BCUT2D eigenvalue weighted by molar-refractivity contribution is 5.57. The van der Waals surface area contributed by atoms with Crippen LogP contribution >= 0.6 is 0 Å². The van der Waals surface area contributed by atoms with Crippen LogP contribution < -0.4 is 10.6 Å². The SMILES string of the molecule is CCc1nc(NC)c(C)c(NCCc2ccn(C)n2)n1. The van der Waals surface area contributed by atoms with Crippen molar-refractivity contribution in [2.24, 2.45) is 7.05 Å². The van der Waals surface area contributed by atoms with Crippen molar-refractivity contribution < 1.29 is 0 Å². The molecule has 2 rings (SSSR count).